The van der Waals surface area contributed by atoms with Crippen molar-refractivity contribution in [2.75, 3.05) is 7.11 Å². The Morgan fingerprint density at radius 2 is 1.52 bits per heavy atom. The van der Waals surface area contributed by atoms with Gasteiger partial charge in [-0.1, -0.05) is 17.7 Å². The average molecular weight is 323 g/mol. The number of methoxy groups -OCH3 is 1. The number of alkyl halides is 1. The lowest BCUT2D eigenvalue weighted by molar-refractivity contribution is 0.410. The molecule has 0 aromatic heterocycles. The van der Waals surface area contributed by atoms with Crippen LogP contribution in [-0.4, -0.2) is 7.11 Å². The first-order chi connectivity index (χ1) is 9.86. The number of ether oxygens (including phenoxy) is 1. The minimum atomic E-state index is -0.280. The lowest BCUT2D eigenvalue weighted by atomic mass is 9.89. The van der Waals surface area contributed by atoms with Gasteiger partial charge in [-0.3, -0.25) is 0 Å². The highest BCUT2D eigenvalue weighted by Gasteiger charge is 2.21. The topological polar surface area (TPSA) is 9.23 Å². The second kappa shape index (κ2) is 6.29. The number of aryl methyl sites for hydroxylation is 2. The normalized spacial score (nSPS) is 12.3. The molecule has 0 bridgehead atoms. The maximum Gasteiger partial charge on any atom is 0.123 e. The van der Waals surface area contributed by atoms with Gasteiger partial charge in [0.15, 0.2) is 0 Å². The summed E-state index contributed by atoms with van der Waals surface area (Å²) < 4.78 is 5.44. The van der Waals surface area contributed by atoms with Gasteiger partial charge < -0.3 is 4.74 Å². The summed E-state index contributed by atoms with van der Waals surface area (Å²) in [4.78, 5) is 0. The van der Waals surface area contributed by atoms with Crippen LogP contribution in [0.2, 0.25) is 5.02 Å². The van der Waals surface area contributed by atoms with Crippen molar-refractivity contribution >= 4 is 23.2 Å². The molecule has 2 aromatic carbocycles. The lowest BCUT2D eigenvalue weighted by Crippen LogP contribution is -2.05. The molecule has 0 aliphatic carbocycles. The molecule has 0 spiro atoms. The molecule has 0 amide bonds. The van der Waals surface area contributed by atoms with Crippen molar-refractivity contribution < 1.29 is 4.74 Å². The Morgan fingerprint density at radius 3 is 2.05 bits per heavy atom. The van der Waals surface area contributed by atoms with Crippen LogP contribution in [0.25, 0.3) is 0 Å². The van der Waals surface area contributed by atoms with Crippen molar-refractivity contribution in [2.24, 2.45) is 0 Å². The Balaban J connectivity index is 2.65. The molecule has 1 nitrogen and oxygen atoms in total. The molecule has 2 aromatic rings. The fraction of sp³-hybridized carbons (Fsp3) is 0.333. The van der Waals surface area contributed by atoms with Crippen LogP contribution in [0.5, 0.6) is 5.75 Å². The Labute approximate surface area is 136 Å². The van der Waals surface area contributed by atoms with Gasteiger partial charge in [0.25, 0.3) is 0 Å². The third-order valence-corrected chi connectivity index (χ3v) is 4.83. The quantitative estimate of drug-likeness (QED) is 0.638. The Morgan fingerprint density at radius 1 is 0.952 bits per heavy atom. The molecule has 0 fully saturated rings. The molecular weight excluding hydrogens is 303 g/mol. The fourth-order valence-electron chi connectivity index (χ4n) is 2.69. The van der Waals surface area contributed by atoms with E-state index in [4.69, 9.17) is 27.9 Å². The highest BCUT2D eigenvalue weighted by Crippen LogP contribution is 2.40. The van der Waals surface area contributed by atoms with E-state index in [1.165, 1.54) is 22.3 Å². The molecule has 1 atom stereocenters. The van der Waals surface area contributed by atoms with Crippen LogP contribution < -0.4 is 4.74 Å². The van der Waals surface area contributed by atoms with Crippen LogP contribution in [-0.2, 0) is 0 Å². The molecule has 0 aliphatic rings. The van der Waals surface area contributed by atoms with Crippen molar-refractivity contribution in [1.82, 2.24) is 0 Å². The standard InChI is InChI=1S/C18H20Cl2O/c1-10-8-11(2)13(4)17(12(10)3)18(20)15-9-14(19)6-7-16(15)21-5/h6-9,18H,1-5H3. The molecule has 0 N–H and O–H groups in total. The minimum Gasteiger partial charge on any atom is -0.496 e. The molecule has 21 heavy (non-hydrogen) atoms. The smallest absolute Gasteiger partial charge is 0.123 e. The molecule has 0 aliphatic heterocycles. The number of hydrogen-bond donors (Lipinski definition) is 0. The zero-order valence-electron chi connectivity index (χ0n) is 13.1. The van der Waals surface area contributed by atoms with Crippen molar-refractivity contribution in [2.45, 2.75) is 33.1 Å². The zero-order valence-corrected chi connectivity index (χ0v) is 14.6. The highest BCUT2D eigenvalue weighted by atomic mass is 35.5. The van der Waals surface area contributed by atoms with Gasteiger partial charge in [-0.25, -0.2) is 0 Å². The van der Waals surface area contributed by atoms with Gasteiger partial charge in [-0.15, -0.1) is 11.6 Å². The summed E-state index contributed by atoms with van der Waals surface area (Å²) >= 11 is 12.9. The van der Waals surface area contributed by atoms with Gasteiger partial charge in [0.1, 0.15) is 5.75 Å². The molecular formula is C18H20Cl2O. The maximum absolute atomic E-state index is 6.80. The van der Waals surface area contributed by atoms with Crippen LogP contribution in [0, 0.1) is 27.7 Å². The van der Waals surface area contributed by atoms with Gasteiger partial charge >= 0.3 is 0 Å². The Bertz CT molecular complexity index is 651. The van der Waals surface area contributed by atoms with Crippen LogP contribution in [0.4, 0.5) is 0 Å². The summed E-state index contributed by atoms with van der Waals surface area (Å²) in [5.41, 5.74) is 7.00. The van der Waals surface area contributed by atoms with E-state index in [1.807, 2.05) is 18.2 Å². The van der Waals surface area contributed by atoms with Gasteiger partial charge in [-0.2, -0.15) is 0 Å². The SMILES string of the molecule is COc1ccc(Cl)cc1C(Cl)c1c(C)c(C)cc(C)c1C. The van der Waals surface area contributed by atoms with Gasteiger partial charge in [0.2, 0.25) is 0 Å². The summed E-state index contributed by atoms with van der Waals surface area (Å²) in [5, 5.41) is 0.383. The predicted octanol–water partition coefficient (Wildman–Crippen LogP) is 5.91. The second-order valence-corrected chi connectivity index (χ2v) is 6.30. The van der Waals surface area contributed by atoms with Gasteiger partial charge in [0, 0.05) is 10.6 Å². The Kier molecular flexibility index (Phi) is 4.85. The van der Waals surface area contributed by atoms with E-state index in [9.17, 15) is 0 Å². The average Bonchev–Trinajstić information content (AvgIpc) is 2.45. The third-order valence-electron chi connectivity index (χ3n) is 4.14. The molecule has 0 saturated carbocycles. The summed E-state index contributed by atoms with van der Waals surface area (Å²) in [6.45, 7) is 8.46. The minimum absolute atomic E-state index is 0.280. The largest absolute Gasteiger partial charge is 0.496 e. The predicted molar refractivity (Wildman–Crippen MR) is 91.1 cm³/mol. The van der Waals surface area contributed by atoms with E-state index in [0.29, 0.717) is 5.02 Å². The van der Waals surface area contributed by atoms with Crippen molar-refractivity contribution in [3.8, 4) is 5.75 Å². The van der Waals surface area contributed by atoms with E-state index in [2.05, 4.69) is 33.8 Å². The molecule has 0 radical (unpaired) electrons. The highest BCUT2D eigenvalue weighted by molar-refractivity contribution is 6.31. The molecule has 1 unspecified atom stereocenters. The molecule has 2 rings (SSSR count). The monoisotopic (exact) mass is 322 g/mol. The number of hydrogen-bond acceptors (Lipinski definition) is 1. The van der Waals surface area contributed by atoms with Crippen molar-refractivity contribution in [3.63, 3.8) is 0 Å². The Hall–Kier alpha value is -1.18. The number of rotatable bonds is 3. The van der Waals surface area contributed by atoms with E-state index < -0.39 is 0 Å². The van der Waals surface area contributed by atoms with Crippen molar-refractivity contribution in [1.29, 1.82) is 0 Å². The summed E-state index contributed by atoms with van der Waals surface area (Å²) in [5.74, 6) is 0.761. The lowest BCUT2D eigenvalue weighted by Gasteiger charge is -2.21. The first kappa shape index (κ1) is 16.2. The van der Waals surface area contributed by atoms with Crippen LogP contribution in [0.15, 0.2) is 24.3 Å². The second-order valence-electron chi connectivity index (χ2n) is 5.42. The third kappa shape index (κ3) is 3.04. The van der Waals surface area contributed by atoms with Gasteiger partial charge in [-0.05, 0) is 73.7 Å². The van der Waals surface area contributed by atoms with E-state index in [0.717, 1.165) is 16.9 Å². The molecule has 0 heterocycles. The summed E-state index contributed by atoms with van der Waals surface area (Å²) in [7, 11) is 1.65. The molecule has 0 saturated heterocycles. The zero-order chi connectivity index (χ0) is 15.7. The fourth-order valence-corrected chi connectivity index (χ4v) is 3.36. The number of halogens is 2. The molecule has 112 valence electrons. The van der Waals surface area contributed by atoms with Crippen LogP contribution in [0.3, 0.4) is 0 Å². The van der Waals surface area contributed by atoms with E-state index >= 15 is 0 Å². The van der Waals surface area contributed by atoms with E-state index in [1.54, 1.807) is 7.11 Å². The first-order valence-electron chi connectivity index (χ1n) is 6.91. The summed E-state index contributed by atoms with van der Waals surface area (Å²) in [6.07, 6.45) is 0. The maximum atomic E-state index is 6.80. The number of benzene rings is 2. The van der Waals surface area contributed by atoms with Crippen molar-refractivity contribution in [3.05, 3.63) is 62.7 Å². The van der Waals surface area contributed by atoms with Gasteiger partial charge in [0.05, 0.1) is 12.5 Å². The first-order valence-corrected chi connectivity index (χ1v) is 7.73. The van der Waals surface area contributed by atoms with Crippen LogP contribution in [0.1, 0.15) is 38.8 Å². The molecule has 3 heteroatoms. The van der Waals surface area contributed by atoms with Crippen LogP contribution >= 0.6 is 23.2 Å². The van der Waals surface area contributed by atoms with E-state index in [-0.39, 0.29) is 5.38 Å². The summed E-state index contributed by atoms with van der Waals surface area (Å²) in [6, 6.07) is 7.76.